The minimum Gasteiger partial charge on any atom is -0.394 e. The number of hydrogen-bond donors (Lipinski definition) is 2. The fourth-order valence-electron chi connectivity index (χ4n) is 3.03. The van der Waals surface area contributed by atoms with Crippen molar-refractivity contribution >= 4 is 10.9 Å². The van der Waals surface area contributed by atoms with Crippen LogP contribution in [0.15, 0.2) is 36.5 Å². The van der Waals surface area contributed by atoms with Gasteiger partial charge in [0.1, 0.15) is 0 Å². The van der Waals surface area contributed by atoms with E-state index in [9.17, 15) is 5.11 Å². The number of aliphatic hydroxyl groups excluding tert-OH is 1. The highest BCUT2D eigenvalue weighted by molar-refractivity contribution is 5.81. The van der Waals surface area contributed by atoms with E-state index in [1.807, 2.05) is 24.4 Å². The molecule has 0 bridgehead atoms. The Labute approximate surface area is 113 Å². The zero-order chi connectivity index (χ0) is 13.1. The molecule has 1 aromatic heterocycles. The van der Waals surface area contributed by atoms with Crippen LogP contribution in [0.5, 0.6) is 0 Å². The summed E-state index contributed by atoms with van der Waals surface area (Å²) in [6, 6.07) is 10.3. The Morgan fingerprint density at radius 3 is 2.74 bits per heavy atom. The monoisotopic (exact) mass is 256 g/mol. The van der Waals surface area contributed by atoms with Gasteiger partial charge in [-0.1, -0.05) is 31.0 Å². The van der Waals surface area contributed by atoms with Gasteiger partial charge in [-0.3, -0.25) is 4.98 Å². The van der Waals surface area contributed by atoms with Crippen molar-refractivity contribution in [3.63, 3.8) is 0 Å². The maximum atomic E-state index is 9.63. The predicted molar refractivity (Wildman–Crippen MR) is 76.9 cm³/mol. The molecule has 0 aliphatic heterocycles. The Hall–Kier alpha value is -1.45. The van der Waals surface area contributed by atoms with Crippen LogP contribution in [0.4, 0.5) is 0 Å². The summed E-state index contributed by atoms with van der Waals surface area (Å²) in [5.74, 6) is 0. The van der Waals surface area contributed by atoms with Gasteiger partial charge in [0, 0.05) is 23.7 Å². The van der Waals surface area contributed by atoms with E-state index in [0.717, 1.165) is 24.9 Å². The van der Waals surface area contributed by atoms with Gasteiger partial charge in [0.05, 0.1) is 12.1 Å². The maximum absolute atomic E-state index is 9.63. The first-order valence-electron chi connectivity index (χ1n) is 7.02. The summed E-state index contributed by atoms with van der Waals surface area (Å²) in [5.41, 5.74) is 2.22. The molecule has 19 heavy (non-hydrogen) atoms. The Morgan fingerprint density at radius 2 is 1.95 bits per heavy atom. The minimum absolute atomic E-state index is 0.0651. The molecule has 1 aliphatic carbocycles. The van der Waals surface area contributed by atoms with Crippen molar-refractivity contribution in [1.82, 2.24) is 10.3 Å². The third-order valence-electron chi connectivity index (χ3n) is 4.26. The van der Waals surface area contributed by atoms with E-state index in [2.05, 4.69) is 22.4 Å². The SMILES string of the molecule is OCC1(NCc2ccnc3ccccc23)CCCC1. The van der Waals surface area contributed by atoms with Gasteiger partial charge in [-0.2, -0.15) is 0 Å². The lowest BCUT2D eigenvalue weighted by Gasteiger charge is -2.28. The van der Waals surface area contributed by atoms with Gasteiger partial charge in [0.2, 0.25) is 0 Å². The summed E-state index contributed by atoms with van der Waals surface area (Å²) in [7, 11) is 0. The average molecular weight is 256 g/mol. The molecular weight excluding hydrogens is 236 g/mol. The van der Waals surface area contributed by atoms with Gasteiger partial charge in [-0.05, 0) is 30.5 Å². The molecule has 3 nitrogen and oxygen atoms in total. The van der Waals surface area contributed by atoms with Crippen molar-refractivity contribution in [3.05, 3.63) is 42.1 Å². The second-order valence-corrected chi connectivity index (χ2v) is 5.49. The molecule has 0 spiro atoms. The lowest BCUT2D eigenvalue weighted by atomic mass is 9.98. The molecule has 1 heterocycles. The average Bonchev–Trinajstić information content (AvgIpc) is 2.94. The lowest BCUT2D eigenvalue weighted by molar-refractivity contribution is 0.163. The second kappa shape index (κ2) is 5.27. The number of fused-ring (bicyclic) bond motifs is 1. The van der Waals surface area contributed by atoms with Crippen molar-refractivity contribution in [2.24, 2.45) is 0 Å². The molecule has 0 amide bonds. The number of pyridine rings is 1. The van der Waals surface area contributed by atoms with Gasteiger partial charge < -0.3 is 10.4 Å². The Balaban J connectivity index is 1.82. The van der Waals surface area contributed by atoms with Crippen molar-refractivity contribution in [3.8, 4) is 0 Å². The summed E-state index contributed by atoms with van der Waals surface area (Å²) in [4.78, 5) is 4.38. The first-order chi connectivity index (χ1) is 9.33. The largest absolute Gasteiger partial charge is 0.394 e. The minimum atomic E-state index is -0.0651. The van der Waals surface area contributed by atoms with Crippen LogP contribution >= 0.6 is 0 Å². The van der Waals surface area contributed by atoms with Crippen LogP contribution in [0.2, 0.25) is 0 Å². The fourth-order valence-corrected chi connectivity index (χ4v) is 3.03. The summed E-state index contributed by atoms with van der Waals surface area (Å²) < 4.78 is 0. The van der Waals surface area contributed by atoms with Crippen molar-refractivity contribution < 1.29 is 5.11 Å². The fraction of sp³-hybridized carbons (Fsp3) is 0.438. The van der Waals surface area contributed by atoms with E-state index >= 15 is 0 Å². The standard InChI is InChI=1S/C16H20N2O/c19-12-16(8-3-4-9-16)18-11-13-7-10-17-15-6-2-1-5-14(13)15/h1-2,5-7,10,18-19H,3-4,8-9,11-12H2. The highest BCUT2D eigenvalue weighted by Gasteiger charge is 2.32. The van der Waals surface area contributed by atoms with Gasteiger partial charge >= 0.3 is 0 Å². The van der Waals surface area contributed by atoms with Gasteiger partial charge in [-0.25, -0.2) is 0 Å². The van der Waals surface area contributed by atoms with Gasteiger partial charge in [0.25, 0.3) is 0 Å². The number of benzene rings is 1. The molecule has 0 unspecified atom stereocenters. The molecule has 1 aliphatic rings. The quantitative estimate of drug-likeness (QED) is 0.884. The molecule has 100 valence electrons. The Bertz CT molecular complexity index is 556. The molecule has 1 aromatic carbocycles. The topological polar surface area (TPSA) is 45.1 Å². The molecule has 2 N–H and O–H groups in total. The summed E-state index contributed by atoms with van der Waals surface area (Å²) >= 11 is 0. The smallest absolute Gasteiger partial charge is 0.0705 e. The predicted octanol–water partition coefficient (Wildman–Crippen LogP) is 2.63. The molecule has 1 fully saturated rings. The van der Waals surface area contributed by atoms with Crippen molar-refractivity contribution in [2.75, 3.05) is 6.61 Å². The summed E-state index contributed by atoms with van der Waals surface area (Å²) in [6.45, 7) is 1.03. The van der Waals surface area contributed by atoms with Crippen LogP contribution in [-0.4, -0.2) is 22.2 Å². The first kappa shape index (κ1) is 12.6. The molecule has 3 heteroatoms. The zero-order valence-electron chi connectivity index (χ0n) is 11.1. The number of aliphatic hydroxyl groups is 1. The maximum Gasteiger partial charge on any atom is 0.0705 e. The van der Waals surface area contributed by atoms with E-state index in [4.69, 9.17) is 0 Å². The normalized spacial score (nSPS) is 17.9. The Kier molecular flexibility index (Phi) is 3.49. The number of aromatic nitrogens is 1. The molecule has 0 atom stereocenters. The molecule has 0 radical (unpaired) electrons. The van der Waals surface area contributed by atoms with E-state index in [-0.39, 0.29) is 12.1 Å². The number of para-hydroxylation sites is 1. The van der Waals surface area contributed by atoms with Gasteiger partial charge in [-0.15, -0.1) is 0 Å². The van der Waals surface area contributed by atoms with Crippen LogP contribution < -0.4 is 5.32 Å². The number of rotatable bonds is 4. The van der Waals surface area contributed by atoms with Crippen LogP contribution in [0.3, 0.4) is 0 Å². The third kappa shape index (κ3) is 2.48. The van der Waals surface area contributed by atoms with E-state index in [0.29, 0.717) is 0 Å². The summed E-state index contributed by atoms with van der Waals surface area (Å²) in [5, 5.41) is 14.4. The van der Waals surface area contributed by atoms with E-state index < -0.39 is 0 Å². The third-order valence-corrected chi connectivity index (χ3v) is 4.26. The van der Waals surface area contributed by atoms with Gasteiger partial charge in [0.15, 0.2) is 0 Å². The van der Waals surface area contributed by atoms with E-state index in [1.165, 1.54) is 23.8 Å². The highest BCUT2D eigenvalue weighted by Crippen LogP contribution is 2.29. The van der Waals surface area contributed by atoms with Crippen LogP contribution in [0.1, 0.15) is 31.2 Å². The number of hydrogen-bond acceptors (Lipinski definition) is 3. The molecule has 0 saturated heterocycles. The second-order valence-electron chi connectivity index (χ2n) is 5.49. The zero-order valence-corrected chi connectivity index (χ0v) is 11.1. The highest BCUT2D eigenvalue weighted by atomic mass is 16.3. The van der Waals surface area contributed by atoms with Crippen LogP contribution in [0.25, 0.3) is 10.9 Å². The van der Waals surface area contributed by atoms with E-state index in [1.54, 1.807) is 0 Å². The first-order valence-corrected chi connectivity index (χ1v) is 7.02. The molecular formula is C16H20N2O. The molecule has 2 aromatic rings. The van der Waals surface area contributed by atoms with Crippen LogP contribution in [-0.2, 0) is 6.54 Å². The number of nitrogens with one attached hydrogen (secondary N) is 1. The lowest BCUT2D eigenvalue weighted by Crippen LogP contribution is -2.45. The van der Waals surface area contributed by atoms with Crippen LogP contribution in [0, 0.1) is 0 Å². The Morgan fingerprint density at radius 1 is 1.16 bits per heavy atom. The van der Waals surface area contributed by atoms with Crippen molar-refractivity contribution in [1.29, 1.82) is 0 Å². The van der Waals surface area contributed by atoms with Crippen molar-refractivity contribution in [2.45, 2.75) is 37.8 Å². The molecule has 3 rings (SSSR count). The molecule has 1 saturated carbocycles. The number of nitrogens with zero attached hydrogens (tertiary/aromatic N) is 1. The summed E-state index contributed by atoms with van der Waals surface area (Å²) in [6.07, 6.45) is 6.44.